The molecular formula is C20H36. The van der Waals surface area contributed by atoms with Gasteiger partial charge < -0.3 is 0 Å². The third kappa shape index (κ3) is 2.85. The summed E-state index contributed by atoms with van der Waals surface area (Å²) in [7, 11) is 0. The molecule has 0 N–H and O–H groups in total. The Morgan fingerprint density at radius 1 is 1.25 bits per heavy atom. The molecule has 0 spiro atoms. The van der Waals surface area contributed by atoms with Crippen molar-refractivity contribution in [3.8, 4) is 0 Å². The Morgan fingerprint density at radius 3 is 2.60 bits per heavy atom. The second-order valence-corrected chi connectivity index (χ2v) is 8.74. The molecule has 4 atom stereocenters. The van der Waals surface area contributed by atoms with E-state index in [1.807, 2.05) is 0 Å². The van der Waals surface area contributed by atoms with Crippen LogP contribution < -0.4 is 0 Å². The van der Waals surface area contributed by atoms with E-state index in [-0.39, 0.29) is 0 Å². The average Bonchev–Trinajstić information content (AvgIpc) is 2.36. The van der Waals surface area contributed by atoms with Gasteiger partial charge in [-0.05, 0) is 60.7 Å². The van der Waals surface area contributed by atoms with Gasteiger partial charge in [0.05, 0.1) is 0 Å². The van der Waals surface area contributed by atoms with Gasteiger partial charge in [0.25, 0.3) is 0 Å². The maximum absolute atomic E-state index is 4.48. The van der Waals surface area contributed by atoms with Crippen LogP contribution in [-0.4, -0.2) is 0 Å². The molecule has 0 heterocycles. The Balaban J connectivity index is 2.17. The lowest BCUT2D eigenvalue weighted by molar-refractivity contribution is -0.0552. The van der Waals surface area contributed by atoms with E-state index < -0.39 is 0 Å². The van der Waals surface area contributed by atoms with Gasteiger partial charge in [-0.25, -0.2) is 0 Å². The van der Waals surface area contributed by atoms with Crippen molar-refractivity contribution >= 4 is 0 Å². The van der Waals surface area contributed by atoms with Gasteiger partial charge in [-0.1, -0.05) is 66.0 Å². The molecule has 0 heteroatoms. The molecule has 0 aromatic rings. The van der Waals surface area contributed by atoms with Gasteiger partial charge in [0.2, 0.25) is 0 Å². The van der Waals surface area contributed by atoms with Crippen LogP contribution in [-0.2, 0) is 0 Å². The molecule has 0 aliphatic heterocycles. The lowest BCUT2D eigenvalue weighted by atomic mass is 9.47. The SMILES string of the molecule is C=C1CCC2C(C)(C)CCCC2(C)C1CCC(C)CC. The molecule has 0 bridgehead atoms. The van der Waals surface area contributed by atoms with Gasteiger partial charge in [-0.15, -0.1) is 0 Å². The van der Waals surface area contributed by atoms with Crippen molar-refractivity contribution in [2.24, 2.45) is 28.6 Å². The topological polar surface area (TPSA) is 0 Å². The summed E-state index contributed by atoms with van der Waals surface area (Å²) in [6.07, 6.45) is 11.1. The van der Waals surface area contributed by atoms with Crippen LogP contribution in [0.4, 0.5) is 0 Å². The smallest absolute Gasteiger partial charge is 0.0149 e. The first-order valence-electron chi connectivity index (χ1n) is 8.99. The molecule has 2 saturated carbocycles. The first kappa shape index (κ1) is 16.1. The Morgan fingerprint density at radius 2 is 1.95 bits per heavy atom. The van der Waals surface area contributed by atoms with E-state index >= 15 is 0 Å². The Kier molecular flexibility index (Phi) is 4.72. The molecule has 0 aromatic carbocycles. The fourth-order valence-corrected chi connectivity index (χ4v) is 5.46. The van der Waals surface area contributed by atoms with Crippen molar-refractivity contribution in [2.45, 2.75) is 86.0 Å². The van der Waals surface area contributed by atoms with Crippen LogP contribution in [0.2, 0.25) is 0 Å². The minimum Gasteiger partial charge on any atom is -0.0996 e. The van der Waals surface area contributed by atoms with Crippen LogP contribution in [0.3, 0.4) is 0 Å². The quantitative estimate of drug-likeness (QED) is 0.507. The summed E-state index contributed by atoms with van der Waals surface area (Å²) in [6, 6.07) is 0. The number of hydrogen-bond acceptors (Lipinski definition) is 0. The Hall–Kier alpha value is -0.260. The highest BCUT2D eigenvalue weighted by atomic mass is 14.6. The highest BCUT2D eigenvalue weighted by Gasteiger charge is 2.52. The average molecular weight is 277 g/mol. The molecule has 0 radical (unpaired) electrons. The lowest BCUT2D eigenvalue weighted by Gasteiger charge is -2.58. The minimum absolute atomic E-state index is 0.532. The van der Waals surface area contributed by atoms with Crippen LogP contribution in [0.1, 0.15) is 86.0 Å². The molecule has 20 heavy (non-hydrogen) atoms. The van der Waals surface area contributed by atoms with Crippen molar-refractivity contribution in [1.29, 1.82) is 0 Å². The monoisotopic (exact) mass is 276 g/mol. The van der Waals surface area contributed by atoms with Gasteiger partial charge in [0, 0.05) is 0 Å². The van der Waals surface area contributed by atoms with E-state index in [9.17, 15) is 0 Å². The second kappa shape index (κ2) is 5.85. The summed E-state index contributed by atoms with van der Waals surface area (Å²) in [4.78, 5) is 0. The van der Waals surface area contributed by atoms with E-state index in [1.54, 1.807) is 5.57 Å². The first-order chi connectivity index (χ1) is 9.31. The maximum atomic E-state index is 4.48. The molecule has 2 fully saturated rings. The molecule has 0 amide bonds. The number of fused-ring (bicyclic) bond motifs is 1. The third-order valence-electron chi connectivity index (χ3n) is 6.96. The highest BCUT2D eigenvalue weighted by Crippen LogP contribution is 2.61. The van der Waals surface area contributed by atoms with E-state index in [2.05, 4.69) is 41.2 Å². The van der Waals surface area contributed by atoms with Gasteiger partial charge in [0.1, 0.15) is 0 Å². The van der Waals surface area contributed by atoms with E-state index in [0.29, 0.717) is 10.8 Å². The molecule has 2 aliphatic rings. The largest absolute Gasteiger partial charge is 0.0996 e. The number of rotatable bonds is 4. The van der Waals surface area contributed by atoms with Crippen molar-refractivity contribution < 1.29 is 0 Å². The zero-order valence-electron chi connectivity index (χ0n) is 14.6. The molecule has 0 aromatic heterocycles. The van der Waals surface area contributed by atoms with E-state index in [0.717, 1.165) is 17.8 Å². The van der Waals surface area contributed by atoms with E-state index in [1.165, 1.54) is 51.4 Å². The van der Waals surface area contributed by atoms with Crippen molar-refractivity contribution in [3.05, 3.63) is 12.2 Å². The molecule has 0 saturated heterocycles. The van der Waals surface area contributed by atoms with Crippen LogP contribution in [0.15, 0.2) is 12.2 Å². The predicted molar refractivity (Wildman–Crippen MR) is 89.8 cm³/mol. The van der Waals surface area contributed by atoms with Gasteiger partial charge in [-0.2, -0.15) is 0 Å². The third-order valence-corrected chi connectivity index (χ3v) is 6.96. The summed E-state index contributed by atoms with van der Waals surface area (Å²) in [5, 5.41) is 0. The summed E-state index contributed by atoms with van der Waals surface area (Å²) in [6.45, 7) is 16.9. The highest BCUT2D eigenvalue weighted by molar-refractivity contribution is 5.15. The predicted octanol–water partition coefficient (Wildman–Crippen LogP) is 6.61. The normalized spacial score (nSPS) is 38.4. The minimum atomic E-state index is 0.532. The summed E-state index contributed by atoms with van der Waals surface area (Å²) >= 11 is 0. The van der Waals surface area contributed by atoms with Crippen LogP contribution >= 0.6 is 0 Å². The number of hydrogen-bond donors (Lipinski definition) is 0. The molecule has 0 nitrogen and oxygen atoms in total. The molecule has 2 aliphatic carbocycles. The summed E-state index contributed by atoms with van der Waals surface area (Å²) < 4.78 is 0. The molecule has 4 unspecified atom stereocenters. The van der Waals surface area contributed by atoms with Crippen LogP contribution in [0.25, 0.3) is 0 Å². The van der Waals surface area contributed by atoms with Crippen LogP contribution in [0, 0.1) is 28.6 Å². The summed E-state index contributed by atoms with van der Waals surface area (Å²) in [5.74, 6) is 2.58. The second-order valence-electron chi connectivity index (χ2n) is 8.74. The Labute approximate surface area is 127 Å². The van der Waals surface area contributed by atoms with Crippen molar-refractivity contribution in [2.75, 3.05) is 0 Å². The van der Waals surface area contributed by atoms with Gasteiger partial charge in [-0.3, -0.25) is 0 Å². The zero-order chi connectivity index (χ0) is 15.0. The lowest BCUT2D eigenvalue weighted by Crippen LogP contribution is -2.49. The molecular weight excluding hydrogens is 240 g/mol. The first-order valence-corrected chi connectivity index (χ1v) is 8.99. The van der Waals surface area contributed by atoms with Crippen LogP contribution in [0.5, 0.6) is 0 Å². The van der Waals surface area contributed by atoms with Gasteiger partial charge >= 0.3 is 0 Å². The molecule has 2 rings (SSSR count). The maximum Gasteiger partial charge on any atom is -0.0149 e. The van der Waals surface area contributed by atoms with E-state index in [4.69, 9.17) is 0 Å². The van der Waals surface area contributed by atoms with Crippen molar-refractivity contribution in [1.82, 2.24) is 0 Å². The fourth-order valence-electron chi connectivity index (χ4n) is 5.46. The van der Waals surface area contributed by atoms with Gasteiger partial charge in [0.15, 0.2) is 0 Å². The summed E-state index contributed by atoms with van der Waals surface area (Å²) in [5.41, 5.74) is 2.65. The zero-order valence-corrected chi connectivity index (χ0v) is 14.6. The standard InChI is InChI=1S/C20H36/c1-7-15(2)9-11-17-16(3)10-12-18-19(4,5)13-8-14-20(17,18)6/h15,17-18H,3,7-14H2,1-2,4-6H3. The fraction of sp³-hybridized carbons (Fsp3) is 0.900. The number of allylic oxidation sites excluding steroid dienone is 1. The molecule has 116 valence electrons. The van der Waals surface area contributed by atoms with Crippen molar-refractivity contribution in [3.63, 3.8) is 0 Å². The Bertz CT molecular complexity index is 351.